The molecule has 0 aliphatic rings. The van der Waals surface area contributed by atoms with Gasteiger partial charge in [0.25, 0.3) is 0 Å². The van der Waals surface area contributed by atoms with Gasteiger partial charge in [0.05, 0.1) is 18.4 Å². The van der Waals surface area contributed by atoms with Gasteiger partial charge in [-0.25, -0.2) is 0 Å². The molecule has 0 aliphatic heterocycles. The molecular formula is C13H15KN2O5. The van der Waals surface area contributed by atoms with Gasteiger partial charge in [-0.05, 0) is 12.0 Å². The molecule has 0 aromatic heterocycles. The van der Waals surface area contributed by atoms with Gasteiger partial charge in [0.1, 0.15) is 6.04 Å². The van der Waals surface area contributed by atoms with Gasteiger partial charge in [0, 0.05) is 0 Å². The van der Waals surface area contributed by atoms with Crippen molar-refractivity contribution in [2.24, 2.45) is 5.73 Å². The van der Waals surface area contributed by atoms with E-state index in [0.717, 1.165) is 0 Å². The molecule has 2 atom stereocenters. The zero-order valence-corrected chi connectivity index (χ0v) is 14.7. The first-order chi connectivity index (χ1) is 9.40. The number of nitrogens with one attached hydrogen (secondary N) is 1. The molecule has 8 heteroatoms. The van der Waals surface area contributed by atoms with Crippen molar-refractivity contribution >= 4 is 17.8 Å². The Morgan fingerprint density at radius 1 is 1.24 bits per heavy atom. The van der Waals surface area contributed by atoms with E-state index in [1.807, 2.05) is 0 Å². The van der Waals surface area contributed by atoms with Crippen LogP contribution in [-0.4, -0.2) is 35.0 Å². The molecule has 7 nitrogen and oxygen atoms in total. The van der Waals surface area contributed by atoms with E-state index in [9.17, 15) is 19.5 Å². The first-order valence-electron chi connectivity index (χ1n) is 5.92. The summed E-state index contributed by atoms with van der Waals surface area (Å²) in [5.41, 5.74) is 5.91. The average Bonchev–Trinajstić information content (AvgIpc) is 2.38. The van der Waals surface area contributed by atoms with Crippen LogP contribution >= 0.6 is 0 Å². The minimum absolute atomic E-state index is 0. The van der Waals surface area contributed by atoms with E-state index in [1.54, 1.807) is 30.3 Å². The monoisotopic (exact) mass is 318 g/mol. The summed E-state index contributed by atoms with van der Waals surface area (Å²) in [5, 5.41) is 21.8. The van der Waals surface area contributed by atoms with Gasteiger partial charge in [0.2, 0.25) is 5.91 Å². The Morgan fingerprint density at radius 3 is 2.29 bits per heavy atom. The van der Waals surface area contributed by atoms with Crippen LogP contribution in [-0.2, 0) is 20.8 Å². The third-order valence-electron chi connectivity index (χ3n) is 2.62. The molecule has 1 aromatic rings. The van der Waals surface area contributed by atoms with Crippen molar-refractivity contribution in [1.29, 1.82) is 0 Å². The molecule has 4 N–H and O–H groups in total. The smallest absolute Gasteiger partial charge is 0.548 e. The second-order valence-corrected chi connectivity index (χ2v) is 4.28. The number of nitrogens with two attached hydrogens (primary N) is 1. The summed E-state index contributed by atoms with van der Waals surface area (Å²) in [6.45, 7) is 0. The van der Waals surface area contributed by atoms with Gasteiger partial charge in [0.15, 0.2) is 0 Å². The number of aliphatic carboxylic acids is 2. The Kier molecular flexibility index (Phi) is 9.67. The van der Waals surface area contributed by atoms with Crippen molar-refractivity contribution in [2.75, 3.05) is 0 Å². The van der Waals surface area contributed by atoms with Crippen LogP contribution in [0.1, 0.15) is 12.0 Å². The Hall–Kier alpha value is -0.774. The van der Waals surface area contributed by atoms with Crippen LogP contribution < -0.4 is 67.5 Å². The van der Waals surface area contributed by atoms with Crippen molar-refractivity contribution in [2.45, 2.75) is 24.9 Å². The number of hydrogen-bond acceptors (Lipinski definition) is 5. The van der Waals surface area contributed by atoms with E-state index in [1.165, 1.54) is 0 Å². The molecule has 0 heterocycles. The molecule has 0 unspecified atom stereocenters. The Bertz CT molecular complexity index is 495. The normalized spacial score (nSPS) is 12.6. The quantitative estimate of drug-likeness (QED) is 0.433. The van der Waals surface area contributed by atoms with Crippen LogP contribution in [0, 0.1) is 0 Å². The minimum atomic E-state index is -1.44. The van der Waals surface area contributed by atoms with E-state index >= 15 is 0 Å². The number of carbonyl (C=O) groups excluding carboxylic acids is 2. The van der Waals surface area contributed by atoms with Gasteiger partial charge in [-0.15, -0.1) is 0 Å². The molecule has 1 amide bonds. The first kappa shape index (κ1) is 20.2. The summed E-state index contributed by atoms with van der Waals surface area (Å²) >= 11 is 0. The van der Waals surface area contributed by atoms with Crippen LogP contribution in [0.3, 0.4) is 0 Å². The molecule has 0 saturated heterocycles. The molecule has 0 saturated carbocycles. The van der Waals surface area contributed by atoms with Crippen LogP contribution in [0.4, 0.5) is 0 Å². The molecule has 0 bridgehead atoms. The van der Waals surface area contributed by atoms with Crippen LogP contribution in [0.5, 0.6) is 0 Å². The summed E-state index contributed by atoms with van der Waals surface area (Å²) in [4.78, 5) is 33.0. The molecule has 1 rings (SSSR count). The van der Waals surface area contributed by atoms with Gasteiger partial charge < -0.3 is 26.1 Å². The maximum atomic E-state index is 11.5. The van der Waals surface area contributed by atoms with E-state index < -0.39 is 36.4 Å². The van der Waals surface area contributed by atoms with Crippen molar-refractivity contribution in [3.8, 4) is 0 Å². The Balaban J connectivity index is 0.00000400. The third kappa shape index (κ3) is 7.70. The summed E-state index contributed by atoms with van der Waals surface area (Å²) < 4.78 is 0. The SMILES string of the molecule is N[C@@H](CC(=O)N[C@@H](Cc1ccccc1)C(=O)[O-])C(=O)O.[K+]. The summed E-state index contributed by atoms with van der Waals surface area (Å²) in [5.74, 6) is -3.51. The van der Waals surface area contributed by atoms with Gasteiger partial charge >= 0.3 is 57.4 Å². The van der Waals surface area contributed by atoms with Gasteiger partial charge in [-0.1, -0.05) is 30.3 Å². The maximum absolute atomic E-state index is 11.5. The number of carboxylic acids is 2. The van der Waals surface area contributed by atoms with Crippen molar-refractivity contribution in [1.82, 2.24) is 5.32 Å². The number of carbonyl (C=O) groups is 3. The van der Waals surface area contributed by atoms with E-state index in [4.69, 9.17) is 10.8 Å². The average molecular weight is 318 g/mol. The molecular weight excluding hydrogens is 303 g/mol. The minimum Gasteiger partial charge on any atom is -0.548 e. The molecule has 21 heavy (non-hydrogen) atoms. The van der Waals surface area contributed by atoms with Crippen molar-refractivity contribution < 1.29 is 76.0 Å². The first-order valence-corrected chi connectivity index (χ1v) is 5.92. The number of hydrogen-bond donors (Lipinski definition) is 3. The summed E-state index contributed by atoms with van der Waals surface area (Å²) in [6, 6.07) is 6.09. The topological polar surface area (TPSA) is 133 Å². The molecule has 0 aliphatic carbocycles. The van der Waals surface area contributed by atoms with Crippen molar-refractivity contribution in [3.05, 3.63) is 35.9 Å². The van der Waals surface area contributed by atoms with Crippen LogP contribution in [0.25, 0.3) is 0 Å². The zero-order valence-electron chi connectivity index (χ0n) is 11.6. The Labute approximate surface area is 164 Å². The maximum Gasteiger partial charge on any atom is 1.00 e. The van der Waals surface area contributed by atoms with Crippen LogP contribution in [0.15, 0.2) is 30.3 Å². The van der Waals surface area contributed by atoms with Gasteiger partial charge in [-0.3, -0.25) is 9.59 Å². The molecule has 0 radical (unpaired) electrons. The second-order valence-electron chi connectivity index (χ2n) is 4.28. The molecule has 1 aromatic carbocycles. The number of amides is 1. The summed E-state index contributed by atoms with van der Waals surface area (Å²) in [6.07, 6.45) is -0.439. The second kappa shape index (κ2) is 10.0. The van der Waals surface area contributed by atoms with E-state index in [-0.39, 0.29) is 57.8 Å². The number of carboxylic acid groups (broad SMARTS) is 2. The summed E-state index contributed by atoms with van der Waals surface area (Å²) in [7, 11) is 0. The van der Waals surface area contributed by atoms with E-state index in [2.05, 4.69) is 5.32 Å². The van der Waals surface area contributed by atoms with Crippen molar-refractivity contribution in [3.63, 3.8) is 0 Å². The largest absolute Gasteiger partial charge is 1.00 e. The number of benzene rings is 1. The predicted molar refractivity (Wildman–Crippen MR) is 67.3 cm³/mol. The molecule has 0 spiro atoms. The van der Waals surface area contributed by atoms with Crippen LogP contribution in [0.2, 0.25) is 0 Å². The molecule has 0 fully saturated rings. The standard InChI is InChI=1S/C13H16N2O5.K/c14-9(12(17)18)7-11(16)15-10(13(19)20)6-8-4-2-1-3-5-8;/h1-5,9-10H,6-7,14H2,(H,15,16)(H,17,18)(H,19,20);/q;+1/p-1/t9-,10-;/m0./s1. The fourth-order valence-corrected chi connectivity index (χ4v) is 1.58. The van der Waals surface area contributed by atoms with Gasteiger partial charge in [-0.2, -0.15) is 0 Å². The predicted octanol–water partition coefficient (Wildman–Crippen LogP) is -4.73. The Morgan fingerprint density at radius 2 is 1.81 bits per heavy atom. The number of rotatable bonds is 7. The third-order valence-corrected chi connectivity index (χ3v) is 2.62. The molecule has 108 valence electrons. The fraction of sp³-hybridized carbons (Fsp3) is 0.308. The van der Waals surface area contributed by atoms with E-state index in [0.29, 0.717) is 5.56 Å². The zero-order chi connectivity index (χ0) is 15.1. The fourth-order valence-electron chi connectivity index (χ4n) is 1.58.